The lowest BCUT2D eigenvalue weighted by atomic mass is 10.2. The molecule has 0 radical (unpaired) electrons. The first kappa shape index (κ1) is 16.7. The zero-order valence-corrected chi connectivity index (χ0v) is 15.8. The summed E-state index contributed by atoms with van der Waals surface area (Å²) in [5.41, 5.74) is 4.87. The number of carbonyl (C=O) groups excluding carboxylic acids is 1. The largest absolute Gasteiger partial charge is 0.348 e. The fourth-order valence-corrected chi connectivity index (χ4v) is 4.32. The molecule has 5 rings (SSSR count). The number of nitrogens with zero attached hydrogens (tertiary/aromatic N) is 2. The molecule has 0 saturated heterocycles. The number of benzene rings is 3. The molecule has 28 heavy (non-hydrogen) atoms. The van der Waals surface area contributed by atoms with Gasteiger partial charge in [0.2, 0.25) is 0 Å². The van der Waals surface area contributed by atoms with Gasteiger partial charge in [-0.1, -0.05) is 72.0 Å². The third-order valence-corrected chi connectivity index (χ3v) is 5.74. The van der Waals surface area contributed by atoms with Crippen LogP contribution in [0.1, 0.15) is 15.9 Å². The normalized spacial score (nSPS) is 11.1. The number of thiazole rings is 1. The number of imidazole rings is 1. The van der Waals surface area contributed by atoms with Crippen molar-refractivity contribution in [2.75, 3.05) is 0 Å². The van der Waals surface area contributed by atoms with Crippen molar-refractivity contribution in [3.63, 3.8) is 0 Å². The molecule has 0 aliphatic rings. The van der Waals surface area contributed by atoms with Gasteiger partial charge in [0.25, 0.3) is 5.91 Å². The van der Waals surface area contributed by atoms with Crippen LogP contribution in [0.3, 0.4) is 0 Å². The first-order valence-electron chi connectivity index (χ1n) is 9.07. The number of aromatic nitrogens is 2. The molecule has 4 nitrogen and oxygen atoms in total. The first-order valence-corrected chi connectivity index (χ1v) is 9.89. The number of nitrogens with one attached hydrogen (secondary N) is 1. The maximum absolute atomic E-state index is 12.5. The van der Waals surface area contributed by atoms with E-state index < -0.39 is 0 Å². The molecule has 5 aromatic rings. The Morgan fingerprint density at radius 2 is 1.71 bits per heavy atom. The molecule has 0 atom stereocenters. The second-order valence-corrected chi connectivity index (χ2v) is 7.61. The smallest absolute Gasteiger partial charge is 0.251 e. The summed E-state index contributed by atoms with van der Waals surface area (Å²) >= 11 is 1.60. The second kappa shape index (κ2) is 6.94. The number of fused-ring (bicyclic) bond motifs is 3. The first-order chi connectivity index (χ1) is 13.8. The molecule has 5 heteroatoms. The van der Waals surface area contributed by atoms with Gasteiger partial charge in [0.05, 0.1) is 15.9 Å². The van der Waals surface area contributed by atoms with Crippen molar-refractivity contribution in [2.24, 2.45) is 0 Å². The van der Waals surface area contributed by atoms with E-state index in [1.807, 2.05) is 66.7 Å². The highest BCUT2D eigenvalue weighted by Crippen LogP contribution is 2.30. The molecular formula is C23H17N3OS. The molecule has 1 N–H and O–H groups in total. The Morgan fingerprint density at radius 3 is 2.50 bits per heavy atom. The van der Waals surface area contributed by atoms with Gasteiger partial charge in [0.15, 0.2) is 4.96 Å². The molecule has 136 valence electrons. The van der Waals surface area contributed by atoms with Crippen molar-refractivity contribution in [1.82, 2.24) is 14.7 Å². The van der Waals surface area contributed by atoms with Gasteiger partial charge < -0.3 is 5.32 Å². The Bertz CT molecular complexity index is 1270. The van der Waals surface area contributed by atoms with Gasteiger partial charge in [0, 0.05) is 23.9 Å². The highest BCUT2D eigenvalue weighted by atomic mass is 32.1. The Morgan fingerprint density at radius 1 is 0.964 bits per heavy atom. The molecule has 0 aliphatic carbocycles. The molecule has 2 heterocycles. The summed E-state index contributed by atoms with van der Waals surface area (Å²) in [6, 6.07) is 25.9. The molecule has 0 unspecified atom stereocenters. The molecule has 0 fully saturated rings. The van der Waals surface area contributed by atoms with Crippen LogP contribution in [-0.4, -0.2) is 15.3 Å². The molecule has 0 saturated carbocycles. The van der Waals surface area contributed by atoms with Crippen LogP contribution in [0.5, 0.6) is 0 Å². The van der Waals surface area contributed by atoms with E-state index in [1.54, 1.807) is 11.3 Å². The molecule has 1 amide bonds. The van der Waals surface area contributed by atoms with Crippen LogP contribution < -0.4 is 5.32 Å². The molecule has 2 aromatic heterocycles. The highest BCUT2D eigenvalue weighted by Gasteiger charge is 2.13. The summed E-state index contributed by atoms with van der Waals surface area (Å²) in [7, 11) is 0. The summed E-state index contributed by atoms with van der Waals surface area (Å²) in [6.45, 7) is 0.520. The SMILES string of the molecule is O=C(NCc1ccccc1)c1ccc2c(c1)sc1nc(-c3ccccc3)cn12. The summed E-state index contributed by atoms with van der Waals surface area (Å²) in [5, 5.41) is 2.98. The molecule has 0 bridgehead atoms. The van der Waals surface area contributed by atoms with Crippen molar-refractivity contribution in [1.29, 1.82) is 0 Å². The van der Waals surface area contributed by atoms with Crippen molar-refractivity contribution < 1.29 is 4.79 Å². The number of hydrogen-bond acceptors (Lipinski definition) is 3. The monoisotopic (exact) mass is 383 g/mol. The minimum Gasteiger partial charge on any atom is -0.348 e. The zero-order chi connectivity index (χ0) is 18.9. The molecule has 3 aromatic carbocycles. The quantitative estimate of drug-likeness (QED) is 0.467. The van der Waals surface area contributed by atoms with E-state index in [4.69, 9.17) is 4.98 Å². The summed E-state index contributed by atoms with van der Waals surface area (Å²) in [5.74, 6) is -0.0678. The van der Waals surface area contributed by atoms with Crippen LogP contribution in [0.2, 0.25) is 0 Å². The average Bonchev–Trinajstić information content (AvgIpc) is 3.31. The van der Waals surface area contributed by atoms with Crippen LogP contribution in [0.15, 0.2) is 85.1 Å². The number of hydrogen-bond donors (Lipinski definition) is 1. The van der Waals surface area contributed by atoms with Gasteiger partial charge in [-0.25, -0.2) is 4.98 Å². The third-order valence-electron chi connectivity index (χ3n) is 4.72. The van der Waals surface area contributed by atoms with Crippen LogP contribution in [0.25, 0.3) is 26.4 Å². The Balaban J connectivity index is 1.42. The number of rotatable bonds is 4. The van der Waals surface area contributed by atoms with E-state index in [2.05, 4.69) is 28.0 Å². The fraction of sp³-hybridized carbons (Fsp3) is 0.0435. The minimum absolute atomic E-state index is 0.0678. The van der Waals surface area contributed by atoms with Crippen molar-refractivity contribution in [3.05, 3.63) is 96.2 Å². The van der Waals surface area contributed by atoms with Gasteiger partial charge >= 0.3 is 0 Å². The fourth-order valence-electron chi connectivity index (χ4n) is 3.27. The summed E-state index contributed by atoms with van der Waals surface area (Å²) in [4.78, 5) is 18.2. The van der Waals surface area contributed by atoms with Crippen molar-refractivity contribution >= 4 is 32.4 Å². The van der Waals surface area contributed by atoms with Gasteiger partial charge in [-0.15, -0.1) is 0 Å². The van der Waals surface area contributed by atoms with E-state index in [0.29, 0.717) is 12.1 Å². The average molecular weight is 383 g/mol. The molecule has 0 aliphatic heterocycles. The van der Waals surface area contributed by atoms with Crippen LogP contribution in [0.4, 0.5) is 0 Å². The van der Waals surface area contributed by atoms with Gasteiger partial charge in [-0.05, 0) is 23.8 Å². The van der Waals surface area contributed by atoms with Crippen LogP contribution in [-0.2, 0) is 6.54 Å². The predicted octanol–water partition coefficient (Wildman–Crippen LogP) is 5.15. The third kappa shape index (κ3) is 3.06. The number of amides is 1. The summed E-state index contributed by atoms with van der Waals surface area (Å²) in [6.07, 6.45) is 2.05. The number of carbonyl (C=O) groups is 1. The Labute approximate surface area is 166 Å². The van der Waals surface area contributed by atoms with Gasteiger partial charge in [-0.2, -0.15) is 0 Å². The Kier molecular flexibility index (Phi) is 4.14. The van der Waals surface area contributed by atoms with E-state index in [-0.39, 0.29) is 5.91 Å². The predicted molar refractivity (Wildman–Crippen MR) is 114 cm³/mol. The standard InChI is InChI=1S/C23H17N3OS/c27-22(24-14-16-7-3-1-4-8-16)18-11-12-20-21(13-18)28-23-25-19(15-26(20)23)17-9-5-2-6-10-17/h1-13,15H,14H2,(H,24,27). The van der Waals surface area contributed by atoms with Crippen molar-refractivity contribution in [2.45, 2.75) is 6.54 Å². The molecular weight excluding hydrogens is 366 g/mol. The maximum atomic E-state index is 12.5. The van der Waals surface area contributed by atoms with E-state index >= 15 is 0 Å². The molecule has 0 spiro atoms. The van der Waals surface area contributed by atoms with Gasteiger partial charge in [-0.3, -0.25) is 9.20 Å². The summed E-state index contributed by atoms with van der Waals surface area (Å²) < 4.78 is 3.14. The van der Waals surface area contributed by atoms with Crippen LogP contribution in [0, 0.1) is 0 Å². The topological polar surface area (TPSA) is 46.4 Å². The Hall–Kier alpha value is -3.44. The lowest BCUT2D eigenvalue weighted by Crippen LogP contribution is -2.22. The second-order valence-electron chi connectivity index (χ2n) is 6.60. The lowest BCUT2D eigenvalue weighted by molar-refractivity contribution is 0.0951. The minimum atomic E-state index is -0.0678. The van der Waals surface area contributed by atoms with Crippen molar-refractivity contribution in [3.8, 4) is 11.3 Å². The maximum Gasteiger partial charge on any atom is 0.251 e. The van der Waals surface area contributed by atoms with E-state index in [9.17, 15) is 4.79 Å². The van der Waals surface area contributed by atoms with Crippen LogP contribution >= 0.6 is 11.3 Å². The van der Waals surface area contributed by atoms with E-state index in [0.717, 1.165) is 32.0 Å². The highest BCUT2D eigenvalue weighted by molar-refractivity contribution is 7.23. The lowest BCUT2D eigenvalue weighted by Gasteiger charge is -2.05. The van der Waals surface area contributed by atoms with E-state index in [1.165, 1.54) is 0 Å². The zero-order valence-electron chi connectivity index (χ0n) is 15.0. The van der Waals surface area contributed by atoms with Gasteiger partial charge in [0.1, 0.15) is 0 Å².